The lowest BCUT2D eigenvalue weighted by atomic mass is 10.0. The van der Waals surface area contributed by atoms with E-state index in [1.807, 2.05) is 43.0 Å². The molecule has 0 saturated carbocycles. The third kappa shape index (κ3) is 2.57. The molecule has 3 heterocycles. The molecule has 29 heavy (non-hydrogen) atoms. The minimum absolute atomic E-state index is 0.934. The van der Waals surface area contributed by atoms with E-state index in [-0.39, 0.29) is 0 Å². The van der Waals surface area contributed by atoms with E-state index in [9.17, 15) is 0 Å². The van der Waals surface area contributed by atoms with Crippen LogP contribution < -0.4 is 0 Å². The Kier molecular flexibility index (Phi) is 3.43. The number of nitrogens with zero attached hydrogens (tertiary/aromatic N) is 4. The summed E-state index contributed by atoms with van der Waals surface area (Å²) >= 11 is 0. The van der Waals surface area contributed by atoms with Crippen LogP contribution in [0, 0.1) is 0 Å². The van der Waals surface area contributed by atoms with E-state index in [2.05, 4.69) is 69.1 Å². The summed E-state index contributed by atoms with van der Waals surface area (Å²) in [4.78, 5) is 13.8. The van der Waals surface area contributed by atoms with Gasteiger partial charge in [-0.1, -0.05) is 42.5 Å². The van der Waals surface area contributed by atoms with Crippen molar-refractivity contribution in [1.29, 1.82) is 0 Å². The van der Waals surface area contributed by atoms with Gasteiger partial charge >= 0.3 is 0 Å². The topological polar surface area (TPSA) is 43.6 Å². The molecule has 4 heteroatoms. The van der Waals surface area contributed by atoms with Gasteiger partial charge in [-0.3, -0.25) is 14.5 Å². The molecule has 3 aromatic carbocycles. The number of benzene rings is 3. The first kappa shape index (κ1) is 16.0. The van der Waals surface area contributed by atoms with E-state index in [1.54, 1.807) is 0 Å². The van der Waals surface area contributed by atoms with Gasteiger partial charge in [-0.2, -0.15) is 0 Å². The first-order chi connectivity index (χ1) is 14.4. The highest BCUT2D eigenvalue weighted by atomic mass is 15.0. The van der Waals surface area contributed by atoms with Gasteiger partial charge in [0.15, 0.2) is 0 Å². The fraction of sp³-hybridized carbons (Fsp3) is 0. The van der Waals surface area contributed by atoms with Crippen LogP contribution in [-0.2, 0) is 0 Å². The van der Waals surface area contributed by atoms with Crippen molar-refractivity contribution in [3.05, 3.63) is 97.6 Å². The summed E-state index contributed by atoms with van der Waals surface area (Å²) < 4.78 is 2.12. The third-order valence-corrected chi connectivity index (χ3v) is 5.33. The fourth-order valence-electron chi connectivity index (χ4n) is 3.89. The molecule has 0 aliphatic rings. The van der Waals surface area contributed by atoms with Crippen LogP contribution in [0.3, 0.4) is 0 Å². The third-order valence-electron chi connectivity index (χ3n) is 5.33. The molecule has 0 spiro atoms. The van der Waals surface area contributed by atoms with Gasteiger partial charge in [0.25, 0.3) is 0 Å². The second-order valence-corrected chi connectivity index (χ2v) is 7.09. The highest BCUT2D eigenvalue weighted by molar-refractivity contribution is 6.03. The summed E-state index contributed by atoms with van der Waals surface area (Å²) in [6.45, 7) is 0. The predicted molar refractivity (Wildman–Crippen MR) is 117 cm³/mol. The average molecular weight is 372 g/mol. The average Bonchev–Trinajstić information content (AvgIpc) is 3.23. The highest BCUT2D eigenvalue weighted by Gasteiger charge is 2.08. The van der Waals surface area contributed by atoms with E-state index in [1.165, 1.54) is 0 Å². The van der Waals surface area contributed by atoms with Crippen LogP contribution in [0.2, 0.25) is 0 Å². The molecular formula is C25H16N4. The molecule has 0 fully saturated rings. The number of rotatable bonds is 2. The molecule has 136 valence electrons. The van der Waals surface area contributed by atoms with Crippen molar-refractivity contribution in [1.82, 2.24) is 19.5 Å². The Morgan fingerprint density at radius 2 is 1.52 bits per heavy atom. The van der Waals surface area contributed by atoms with E-state index in [0.29, 0.717) is 0 Å². The number of hydrogen-bond acceptors (Lipinski definition) is 3. The number of imidazole rings is 1. The molecule has 6 aromatic rings. The van der Waals surface area contributed by atoms with Gasteiger partial charge < -0.3 is 0 Å². The molecule has 0 N–H and O–H groups in total. The smallest absolute Gasteiger partial charge is 0.100 e. The summed E-state index contributed by atoms with van der Waals surface area (Å²) in [7, 11) is 0. The molecule has 0 aliphatic heterocycles. The Bertz CT molecular complexity index is 1510. The van der Waals surface area contributed by atoms with Gasteiger partial charge in [-0.05, 0) is 42.0 Å². The number of pyridine rings is 2. The van der Waals surface area contributed by atoms with E-state index >= 15 is 0 Å². The first-order valence-corrected chi connectivity index (χ1v) is 9.53. The van der Waals surface area contributed by atoms with E-state index in [0.717, 1.165) is 49.7 Å². The molecule has 0 atom stereocenters. The van der Waals surface area contributed by atoms with Crippen molar-refractivity contribution in [3.63, 3.8) is 0 Å². The standard InChI is InChI=1S/C25H16N4/c1-2-9-23-22(8-1)28-16-29(23)21-7-3-5-18(14-21)20-13-19-11-10-17-6-4-12-26-24(17)25(19)27-15-20/h1-16H. The summed E-state index contributed by atoms with van der Waals surface area (Å²) in [5.74, 6) is 0. The van der Waals surface area contributed by atoms with Crippen LogP contribution in [-0.4, -0.2) is 19.5 Å². The van der Waals surface area contributed by atoms with Crippen molar-refractivity contribution in [2.75, 3.05) is 0 Å². The van der Waals surface area contributed by atoms with Crippen LogP contribution >= 0.6 is 0 Å². The summed E-state index contributed by atoms with van der Waals surface area (Å²) in [6, 6.07) is 27.0. The summed E-state index contributed by atoms with van der Waals surface area (Å²) in [6.07, 6.45) is 5.62. The lowest BCUT2D eigenvalue weighted by Gasteiger charge is -2.09. The van der Waals surface area contributed by atoms with E-state index < -0.39 is 0 Å². The van der Waals surface area contributed by atoms with Crippen molar-refractivity contribution >= 4 is 32.8 Å². The summed E-state index contributed by atoms with van der Waals surface area (Å²) in [5.41, 5.74) is 7.24. The maximum atomic E-state index is 4.75. The second kappa shape index (κ2) is 6.24. The minimum Gasteiger partial charge on any atom is -0.299 e. The van der Waals surface area contributed by atoms with Gasteiger partial charge in [0.1, 0.15) is 6.33 Å². The first-order valence-electron chi connectivity index (χ1n) is 9.53. The normalized spacial score (nSPS) is 11.4. The van der Waals surface area contributed by atoms with Crippen LogP contribution in [0.15, 0.2) is 97.6 Å². The molecule has 6 rings (SSSR count). The maximum absolute atomic E-state index is 4.75. The van der Waals surface area contributed by atoms with E-state index in [4.69, 9.17) is 4.98 Å². The Hall–Kier alpha value is -4.05. The quantitative estimate of drug-likeness (QED) is 0.361. The zero-order valence-electron chi connectivity index (χ0n) is 15.5. The predicted octanol–water partition coefficient (Wildman–Crippen LogP) is 5.79. The Balaban J connectivity index is 1.49. The molecule has 3 aromatic heterocycles. The van der Waals surface area contributed by atoms with Crippen molar-refractivity contribution in [2.45, 2.75) is 0 Å². The molecule has 0 amide bonds. The van der Waals surface area contributed by atoms with Crippen LogP contribution in [0.4, 0.5) is 0 Å². The van der Waals surface area contributed by atoms with Crippen molar-refractivity contribution < 1.29 is 0 Å². The molecule has 0 radical (unpaired) electrons. The zero-order chi connectivity index (χ0) is 19.2. The number of hydrogen-bond donors (Lipinski definition) is 0. The van der Waals surface area contributed by atoms with Gasteiger partial charge in [0.05, 0.1) is 22.1 Å². The van der Waals surface area contributed by atoms with Crippen molar-refractivity contribution in [3.8, 4) is 16.8 Å². The molecule has 0 bridgehead atoms. The monoisotopic (exact) mass is 372 g/mol. The number of aromatic nitrogens is 4. The minimum atomic E-state index is 0.934. The van der Waals surface area contributed by atoms with Crippen molar-refractivity contribution in [2.24, 2.45) is 0 Å². The number of para-hydroxylation sites is 2. The molecule has 0 unspecified atom stereocenters. The Morgan fingerprint density at radius 1 is 0.621 bits per heavy atom. The maximum Gasteiger partial charge on any atom is 0.100 e. The van der Waals surface area contributed by atoms with Gasteiger partial charge in [-0.25, -0.2) is 4.98 Å². The van der Waals surface area contributed by atoms with Gasteiger partial charge in [0, 0.05) is 34.4 Å². The van der Waals surface area contributed by atoms with Crippen LogP contribution in [0.25, 0.3) is 49.7 Å². The fourth-order valence-corrected chi connectivity index (χ4v) is 3.89. The number of fused-ring (bicyclic) bond motifs is 4. The largest absolute Gasteiger partial charge is 0.299 e. The molecule has 0 aliphatic carbocycles. The molecule has 4 nitrogen and oxygen atoms in total. The van der Waals surface area contributed by atoms with Gasteiger partial charge in [0.2, 0.25) is 0 Å². The second-order valence-electron chi connectivity index (χ2n) is 7.09. The van der Waals surface area contributed by atoms with Crippen LogP contribution in [0.1, 0.15) is 0 Å². The molecular weight excluding hydrogens is 356 g/mol. The lowest BCUT2D eigenvalue weighted by molar-refractivity contribution is 1.09. The lowest BCUT2D eigenvalue weighted by Crippen LogP contribution is -1.93. The van der Waals surface area contributed by atoms with Crippen LogP contribution in [0.5, 0.6) is 0 Å². The SMILES string of the molecule is c1cc(-c2cnc3c(ccc4cccnc43)c2)cc(-n2cnc3ccccc32)c1. The highest BCUT2D eigenvalue weighted by Crippen LogP contribution is 2.28. The van der Waals surface area contributed by atoms with Gasteiger partial charge in [-0.15, -0.1) is 0 Å². The Morgan fingerprint density at radius 3 is 2.52 bits per heavy atom. The zero-order valence-corrected chi connectivity index (χ0v) is 15.5. The molecule has 0 saturated heterocycles. The Labute approximate surface area is 167 Å². The summed E-state index contributed by atoms with van der Waals surface area (Å²) in [5, 5.41) is 2.20.